The van der Waals surface area contributed by atoms with Gasteiger partial charge in [-0.05, 0) is 44.0 Å². The Balaban J connectivity index is 2.20. The van der Waals surface area contributed by atoms with Crippen LogP contribution in [0.3, 0.4) is 0 Å². The van der Waals surface area contributed by atoms with Crippen LogP contribution in [0.2, 0.25) is 0 Å². The van der Waals surface area contributed by atoms with Crippen LogP contribution in [0.5, 0.6) is 0 Å². The van der Waals surface area contributed by atoms with Gasteiger partial charge in [0, 0.05) is 6.54 Å². The smallest absolute Gasteiger partial charge is 0.327 e. The Morgan fingerprint density at radius 3 is 2.10 bits per heavy atom. The molecule has 0 bridgehead atoms. The van der Waals surface area contributed by atoms with E-state index in [9.17, 15) is 24.9 Å². The van der Waals surface area contributed by atoms with E-state index in [1.165, 1.54) is 4.90 Å². The average molecular weight is 406 g/mol. The van der Waals surface area contributed by atoms with E-state index in [-0.39, 0.29) is 18.1 Å². The van der Waals surface area contributed by atoms with Crippen LogP contribution in [0, 0.1) is 13.8 Å². The molecular formula is C19H26N4O6. The van der Waals surface area contributed by atoms with Crippen molar-refractivity contribution < 1.29 is 20.4 Å². The Morgan fingerprint density at radius 2 is 1.55 bits per heavy atom. The monoisotopic (exact) mass is 406 g/mol. The van der Waals surface area contributed by atoms with E-state index in [1.54, 1.807) is 4.90 Å². The van der Waals surface area contributed by atoms with Crippen molar-refractivity contribution in [3.05, 3.63) is 44.1 Å². The van der Waals surface area contributed by atoms with E-state index in [1.807, 2.05) is 32.9 Å². The van der Waals surface area contributed by atoms with Gasteiger partial charge in [0.15, 0.2) is 0 Å². The van der Waals surface area contributed by atoms with Crippen LogP contribution in [-0.4, -0.2) is 68.4 Å². The molecule has 1 aliphatic heterocycles. The van der Waals surface area contributed by atoms with Gasteiger partial charge in [-0.1, -0.05) is 0 Å². The molecule has 3 atom stereocenters. The molecule has 29 heavy (non-hydrogen) atoms. The number of anilines is 4. The van der Waals surface area contributed by atoms with Crippen molar-refractivity contribution in [3.63, 3.8) is 0 Å². The summed E-state index contributed by atoms with van der Waals surface area (Å²) in [6, 6.07) is 3.79. The Labute approximate surface area is 166 Å². The molecule has 6 N–H and O–H groups in total. The number of β-amino-alcohol motifs (C(OH)–C–C–N with tert-alkyl or cyclic N) is 1. The van der Waals surface area contributed by atoms with Crippen LogP contribution in [0.25, 0.3) is 0 Å². The Bertz CT molecular complexity index is 1020. The van der Waals surface area contributed by atoms with Gasteiger partial charge in [0.2, 0.25) is 0 Å². The molecule has 158 valence electrons. The van der Waals surface area contributed by atoms with Gasteiger partial charge in [-0.15, -0.1) is 0 Å². The molecule has 0 saturated carbocycles. The predicted octanol–water partition coefficient (Wildman–Crippen LogP) is -0.635. The highest BCUT2D eigenvalue weighted by Gasteiger charge is 2.35. The first-order valence-corrected chi connectivity index (χ1v) is 9.37. The molecule has 0 radical (unpaired) electrons. The summed E-state index contributed by atoms with van der Waals surface area (Å²) >= 11 is 0. The molecule has 10 nitrogen and oxygen atoms in total. The number of aryl methyl sites for hydroxylation is 2. The largest absolute Gasteiger partial charge is 0.394 e. The number of H-pyrrole nitrogens is 2. The highest BCUT2D eigenvalue weighted by molar-refractivity contribution is 5.91. The van der Waals surface area contributed by atoms with Gasteiger partial charge in [-0.3, -0.25) is 14.8 Å². The van der Waals surface area contributed by atoms with Crippen LogP contribution in [-0.2, 0) is 0 Å². The molecule has 2 heterocycles. The molecule has 2 aromatic rings. The van der Waals surface area contributed by atoms with E-state index in [2.05, 4.69) is 9.97 Å². The first-order valence-electron chi connectivity index (χ1n) is 9.37. The number of aromatic amines is 2. The van der Waals surface area contributed by atoms with Crippen LogP contribution in [0.4, 0.5) is 22.9 Å². The normalized spacial score (nSPS) is 16.2. The maximum Gasteiger partial charge on any atom is 0.327 e. The number of hydrogen-bond acceptors (Lipinski definition) is 8. The van der Waals surface area contributed by atoms with E-state index in [0.29, 0.717) is 17.9 Å². The molecule has 3 rings (SSSR count). The molecule has 1 aromatic carbocycles. The van der Waals surface area contributed by atoms with Crippen molar-refractivity contribution in [3.8, 4) is 0 Å². The summed E-state index contributed by atoms with van der Waals surface area (Å²) in [7, 11) is 0. The molecule has 0 unspecified atom stereocenters. The van der Waals surface area contributed by atoms with Crippen molar-refractivity contribution in [1.82, 2.24) is 9.97 Å². The number of rotatable bonds is 6. The molecule has 0 aliphatic carbocycles. The van der Waals surface area contributed by atoms with Crippen molar-refractivity contribution >= 4 is 22.9 Å². The summed E-state index contributed by atoms with van der Waals surface area (Å²) in [5, 5.41) is 39.2. The van der Waals surface area contributed by atoms with Crippen molar-refractivity contribution in [2.45, 2.75) is 39.1 Å². The second-order valence-corrected chi connectivity index (χ2v) is 7.19. The number of aromatic nitrogens is 2. The average Bonchev–Trinajstić information content (AvgIpc) is 2.68. The van der Waals surface area contributed by atoms with Crippen molar-refractivity contribution in [2.75, 3.05) is 29.5 Å². The third-order valence-corrected chi connectivity index (χ3v) is 5.27. The quantitative estimate of drug-likeness (QED) is 0.371. The zero-order valence-corrected chi connectivity index (χ0v) is 16.5. The van der Waals surface area contributed by atoms with E-state index < -0.39 is 36.2 Å². The number of nitrogens with zero attached hydrogens (tertiary/aromatic N) is 2. The second kappa shape index (κ2) is 7.99. The summed E-state index contributed by atoms with van der Waals surface area (Å²) < 4.78 is 0. The topological polar surface area (TPSA) is 153 Å². The molecule has 0 saturated heterocycles. The summed E-state index contributed by atoms with van der Waals surface area (Å²) in [6.07, 6.45) is -4.61. The van der Waals surface area contributed by atoms with Crippen molar-refractivity contribution in [1.29, 1.82) is 0 Å². The molecule has 1 aromatic heterocycles. The maximum atomic E-state index is 12.6. The van der Waals surface area contributed by atoms with Crippen LogP contribution >= 0.6 is 0 Å². The minimum atomic E-state index is -1.61. The minimum absolute atomic E-state index is 0.182. The fourth-order valence-electron chi connectivity index (χ4n) is 3.55. The van der Waals surface area contributed by atoms with Gasteiger partial charge in [0.05, 0.1) is 24.5 Å². The molecule has 0 spiro atoms. The number of fused-ring (bicyclic) bond motifs is 2. The van der Waals surface area contributed by atoms with E-state index >= 15 is 0 Å². The van der Waals surface area contributed by atoms with Crippen LogP contribution in [0.15, 0.2) is 21.7 Å². The van der Waals surface area contributed by atoms with Gasteiger partial charge >= 0.3 is 5.69 Å². The zero-order chi connectivity index (χ0) is 21.5. The fraction of sp³-hybridized carbons (Fsp3) is 0.474. The number of hydrogen-bond donors (Lipinski definition) is 6. The first kappa shape index (κ1) is 21.1. The Hall–Kier alpha value is -2.66. The van der Waals surface area contributed by atoms with Gasteiger partial charge in [0.25, 0.3) is 5.56 Å². The van der Waals surface area contributed by atoms with Crippen LogP contribution in [0.1, 0.15) is 18.1 Å². The first-order chi connectivity index (χ1) is 13.7. The van der Waals surface area contributed by atoms with Gasteiger partial charge in [-0.2, -0.15) is 0 Å². The predicted molar refractivity (Wildman–Crippen MR) is 108 cm³/mol. The highest BCUT2D eigenvalue weighted by atomic mass is 16.4. The lowest BCUT2D eigenvalue weighted by Gasteiger charge is -2.40. The number of aliphatic hydroxyl groups excluding tert-OH is 4. The Morgan fingerprint density at radius 1 is 0.966 bits per heavy atom. The number of benzene rings is 1. The SMILES string of the molecule is CCN1c2cc(C)c(C)cc2N(C[C@H](O)[C@H](O)[C@H](O)CO)c2[nH]c(=O)[nH]c(=O)c21. The standard InChI is InChI=1S/C19H26N4O6/c1-4-22-11-5-9(2)10(3)6-12(11)23(7-13(25)16(27)14(26)8-24)17-15(22)18(28)21-19(29)20-17/h5-6,13-14,16,24-27H,4,7-8H2,1-3H3,(H2,20,21,28,29)/t13-,14+,16-/m0/s1. The molecular weight excluding hydrogens is 380 g/mol. The maximum absolute atomic E-state index is 12.6. The van der Waals surface area contributed by atoms with E-state index in [4.69, 9.17) is 5.11 Å². The fourth-order valence-corrected chi connectivity index (χ4v) is 3.55. The van der Waals surface area contributed by atoms with Crippen molar-refractivity contribution in [2.24, 2.45) is 0 Å². The molecule has 0 fully saturated rings. The molecule has 0 amide bonds. The van der Waals surface area contributed by atoms with Gasteiger partial charge in [-0.25, -0.2) is 4.79 Å². The van der Waals surface area contributed by atoms with Gasteiger partial charge < -0.3 is 30.2 Å². The number of nitrogens with one attached hydrogen (secondary N) is 2. The number of aliphatic hydroxyl groups is 4. The lowest BCUT2D eigenvalue weighted by molar-refractivity contribution is -0.0726. The lowest BCUT2D eigenvalue weighted by Crippen LogP contribution is -2.47. The summed E-state index contributed by atoms with van der Waals surface area (Å²) in [5.74, 6) is 0.182. The minimum Gasteiger partial charge on any atom is -0.394 e. The molecule has 1 aliphatic rings. The summed E-state index contributed by atoms with van der Waals surface area (Å²) in [5.41, 5.74) is 2.25. The van der Waals surface area contributed by atoms with Crippen LogP contribution < -0.4 is 21.0 Å². The summed E-state index contributed by atoms with van der Waals surface area (Å²) in [4.78, 5) is 32.7. The third kappa shape index (κ3) is 3.67. The zero-order valence-electron chi connectivity index (χ0n) is 16.5. The van der Waals surface area contributed by atoms with Gasteiger partial charge in [0.1, 0.15) is 29.8 Å². The summed E-state index contributed by atoms with van der Waals surface area (Å²) in [6.45, 7) is 5.25. The lowest BCUT2D eigenvalue weighted by atomic mass is 10.0. The van der Waals surface area contributed by atoms with E-state index in [0.717, 1.165) is 11.1 Å². The highest BCUT2D eigenvalue weighted by Crippen LogP contribution is 2.45. The Kier molecular flexibility index (Phi) is 5.80. The second-order valence-electron chi connectivity index (χ2n) is 7.19. The molecule has 10 heteroatoms. The third-order valence-electron chi connectivity index (χ3n) is 5.27.